The molecule has 1 aliphatic carbocycles. The van der Waals surface area contributed by atoms with Crippen molar-refractivity contribution in [3.8, 4) is 0 Å². The zero-order valence-electron chi connectivity index (χ0n) is 24.9. The van der Waals surface area contributed by atoms with Crippen molar-refractivity contribution in [3.05, 3.63) is 12.7 Å². The Balaban J connectivity index is 3.06. The molecular weight excluding hydrogens is 476 g/mol. The summed E-state index contributed by atoms with van der Waals surface area (Å²) in [6.45, 7) is 17.9. The van der Waals surface area contributed by atoms with Gasteiger partial charge < -0.3 is 13.1 Å². The highest BCUT2D eigenvalue weighted by Crippen LogP contribution is 2.61. The van der Waals surface area contributed by atoms with Crippen molar-refractivity contribution >= 4 is 26.6 Å². The molecule has 0 spiro atoms. The normalized spacial score (nSPS) is 24.9. The number of hydrogen-bond donors (Lipinski definition) is 0. The van der Waals surface area contributed by atoms with Crippen LogP contribution in [0.4, 0.5) is 0 Å². The molecular formula is C29H58O4S2. The minimum atomic E-state index is -1.23. The molecule has 2 unspecified atom stereocenters. The average Bonchev–Trinajstić information content (AvgIpc) is 3.01. The lowest BCUT2D eigenvalue weighted by Crippen LogP contribution is -2.32. The van der Waals surface area contributed by atoms with Gasteiger partial charge in [-0.05, 0) is 62.5 Å². The summed E-state index contributed by atoms with van der Waals surface area (Å²) in [4.78, 5) is 11.4. The van der Waals surface area contributed by atoms with Crippen LogP contribution in [-0.2, 0) is 17.9 Å². The molecule has 0 amide bonds. The third kappa shape index (κ3) is 9.90. The minimum Gasteiger partial charge on any atom is -0.469 e. The minimum absolute atomic E-state index is 0.102. The van der Waals surface area contributed by atoms with Crippen molar-refractivity contribution in [2.75, 3.05) is 32.1 Å². The maximum absolute atomic E-state index is 11.4. The maximum Gasteiger partial charge on any atom is 0.305 e. The van der Waals surface area contributed by atoms with Gasteiger partial charge in [0, 0.05) is 22.3 Å². The van der Waals surface area contributed by atoms with E-state index in [0.29, 0.717) is 18.3 Å². The lowest BCUT2D eigenvalue weighted by Gasteiger charge is -2.47. The van der Waals surface area contributed by atoms with Crippen molar-refractivity contribution in [1.29, 1.82) is 0 Å². The topological polar surface area (TPSA) is 44.8 Å². The molecule has 6 heteroatoms. The Morgan fingerprint density at radius 3 is 1.71 bits per heavy atom. The molecule has 1 fully saturated rings. The average molecular weight is 535 g/mol. The van der Waals surface area contributed by atoms with Gasteiger partial charge >= 0.3 is 5.97 Å². The summed E-state index contributed by atoms with van der Waals surface area (Å²) in [5, 5.41) is 0. The molecule has 0 N–H and O–H groups in total. The Kier molecular flexibility index (Phi) is 12.7. The highest BCUT2D eigenvalue weighted by Gasteiger charge is 2.48. The van der Waals surface area contributed by atoms with Crippen LogP contribution in [0.5, 0.6) is 0 Å². The fourth-order valence-electron chi connectivity index (χ4n) is 4.47. The first-order valence-electron chi connectivity index (χ1n) is 13.5. The van der Waals surface area contributed by atoms with Crippen molar-refractivity contribution in [2.24, 2.45) is 11.8 Å². The smallest absolute Gasteiger partial charge is 0.305 e. The van der Waals surface area contributed by atoms with Crippen molar-refractivity contribution in [1.82, 2.24) is 0 Å². The van der Waals surface area contributed by atoms with Crippen LogP contribution in [0.2, 0.25) is 0 Å². The van der Waals surface area contributed by atoms with E-state index in [9.17, 15) is 4.79 Å². The van der Waals surface area contributed by atoms with E-state index in [2.05, 4.69) is 79.2 Å². The summed E-state index contributed by atoms with van der Waals surface area (Å²) >= 11 is 0. The second-order valence-electron chi connectivity index (χ2n) is 12.9. The van der Waals surface area contributed by atoms with E-state index in [1.165, 1.54) is 13.5 Å². The molecule has 0 heterocycles. The maximum atomic E-state index is 11.4. The van der Waals surface area contributed by atoms with E-state index in [1.807, 2.05) is 0 Å². The molecule has 0 radical (unpaired) electrons. The molecule has 1 saturated carbocycles. The molecule has 0 aromatic rings. The monoisotopic (exact) mass is 534 g/mol. The van der Waals surface area contributed by atoms with E-state index in [-0.39, 0.29) is 27.7 Å². The van der Waals surface area contributed by atoms with Crippen molar-refractivity contribution in [3.63, 3.8) is 0 Å². The Morgan fingerprint density at radius 1 is 0.829 bits per heavy atom. The second kappa shape index (κ2) is 13.6. The molecule has 4 nitrogen and oxygen atoms in total. The van der Waals surface area contributed by atoms with Crippen LogP contribution in [-0.4, -0.2) is 59.8 Å². The van der Waals surface area contributed by atoms with E-state index in [1.54, 1.807) is 0 Å². The number of esters is 1. The number of carbonyl (C=O) groups is 1. The zero-order valence-corrected chi connectivity index (χ0v) is 26.5. The zero-order chi connectivity index (χ0) is 27.1. The van der Waals surface area contributed by atoms with Crippen molar-refractivity contribution < 1.29 is 17.9 Å². The molecule has 0 aromatic heterocycles. The molecule has 35 heavy (non-hydrogen) atoms. The fourth-order valence-corrected chi connectivity index (χ4v) is 6.73. The fraction of sp³-hybridized carbons (Fsp3) is 0.897. The van der Waals surface area contributed by atoms with Gasteiger partial charge in [0.25, 0.3) is 0 Å². The Labute approximate surface area is 221 Å². The Morgan fingerprint density at radius 2 is 1.29 bits per heavy atom. The number of unbranched alkanes of at least 4 members (excludes halogenated alkanes) is 3. The van der Waals surface area contributed by atoms with Gasteiger partial charge in [-0.3, -0.25) is 4.79 Å². The second-order valence-corrected chi connectivity index (χ2v) is 20.7. The lowest BCUT2D eigenvalue weighted by molar-refractivity contribution is -0.140. The summed E-state index contributed by atoms with van der Waals surface area (Å²) in [5.41, 5.74) is 0. The highest BCUT2D eigenvalue weighted by atomic mass is 32.3. The van der Waals surface area contributed by atoms with Gasteiger partial charge in [-0.2, -0.15) is 0 Å². The molecule has 0 aliphatic heterocycles. The van der Waals surface area contributed by atoms with Crippen LogP contribution in [0.3, 0.4) is 0 Å². The van der Waals surface area contributed by atoms with Gasteiger partial charge in [-0.25, -0.2) is 0 Å². The SMILES string of the molecule is C=CCC[C@H]1C(OS(C)(C)C(C)(C)C)CC(OS(C)(C)C(C)(C)C)[C@@H]1CCCCCCC(=O)OC. The largest absolute Gasteiger partial charge is 0.469 e. The summed E-state index contributed by atoms with van der Waals surface area (Å²) in [7, 11) is -0.979. The lowest BCUT2D eigenvalue weighted by atomic mass is 9.85. The number of hydrogen-bond acceptors (Lipinski definition) is 4. The van der Waals surface area contributed by atoms with Crippen LogP contribution in [0.25, 0.3) is 0 Å². The number of allylic oxidation sites excluding steroid dienone is 1. The number of carbonyl (C=O) groups excluding carboxylic acids is 1. The summed E-state index contributed by atoms with van der Waals surface area (Å²) in [5.74, 6) is 0.900. The summed E-state index contributed by atoms with van der Waals surface area (Å²) in [6.07, 6.45) is 21.0. The van der Waals surface area contributed by atoms with Crippen LogP contribution in [0.15, 0.2) is 12.7 Å². The summed E-state index contributed by atoms with van der Waals surface area (Å²) < 4.78 is 19.2. The van der Waals surface area contributed by atoms with Gasteiger partial charge in [0.05, 0.1) is 19.3 Å². The quantitative estimate of drug-likeness (QED) is 0.127. The summed E-state index contributed by atoms with van der Waals surface area (Å²) in [6, 6.07) is 0. The van der Waals surface area contributed by atoms with E-state index in [0.717, 1.165) is 44.9 Å². The van der Waals surface area contributed by atoms with E-state index in [4.69, 9.17) is 13.1 Å². The van der Waals surface area contributed by atoms with Gasteiger partial charge in [-0.15, -0.1) is 27.2 Å². The van der Waals surface area contributed by atoms with Gasteiger partial charge in [-0.1, -0.05) is 66.9 Å². The predicted octanol–water partition coefficient (Wildman–Crippen LogP) is 8.43. The molecule has 0 saturated heterocycles. The third-order valence-electron chi connectivity index (χ3n) is 8.25. The number of rotatable bonds is 14. The van der Waals surface area contributed by atoms with Gasteiger partial charge in [0.2, 0.25) is 0 Å². The van der Waals surface area contributed by atoms with Crippen LogP contribution in [0, 0.1) is 11.8 Å². The number of methoxy groups -OCH3 is 1. The molecule has 4 atom stereocenters. The van der Waals surface area contributed by atoms with Crippen LogP contribution in [0.1, 0.15) is 99.3 Å². The first-order valence-corrected chi connectivity index (χ1v) is 18.2. The number of ether oxygens (including phenoxy) is 1. The van der Waals surface area contributed by atoms with Crippen LogP contribution >= 0.6 is 20.6 Å². The first-order chi connectivity index (χ1) is 16.0. The molecule has 210 valence electrons. The Bertz CT molecular complexity index is 661. The van der Waals surface area contributed by atoms with Gasteiger partial charge in [0.1, 0.15) is 0 Å². The van der Waals surface area contributed by atoms with Gasteiger partial charge in [0.15, 0.2) is 0 Å². The molecule has 1 aliphatic rings. The third-order valence-corrected chi connectivity index (χ3v) is 15.6. The van der Waals surface area contributed by atoms with Crippen molar-refractivity contribution in [2.45, 2.75) is 121 Å². The molecule has 0 aromatic carbocycles. The molecule has 1 rings (SSSR count). The predicted molar refractivity (Wildman–Crippen MR) is 159 cm³/mol. The van der Waals surface area contributed by atoms with Crippen LogP contribution < -0.4 is 0 Å². The Hall–Kier alpha value is -0.170. The van der Waals surface area contributed by atoms with E-state index < -0.39 is 20.6 Å². The standard InChI is InChI=1S/C29H58O4S2/c1-13-14-19-23-24(20-17-15-16-18-21-27(30)31-8)26(33-35(11,12)29(5,6)7)22-25(23)32-34(9,10)28(2,3)4/h13,23-26H,1,14-22H2,2-12H3/t23-,24-,25?,26?/m1/s1. The highest BCUT2D eigenvalue weighted by molar-refractivity contribution is 8.30. The molecule has 0 bridgehead atoms. The first kappa shape index (κ1) is 32.9. The van der Waals surface area contributed by atoms with E-state index >= 15 is 0 Å².